The van der Waals surface area contributed by atoms with Crippen molar-refractivity contribution in [2.75, 3.05) is 48.5 Å². The first kappa shape index (κ1) is 30.6. The highest BCUT2D eigenvalue weighted by Crippen LogP contribution is 2.41. The van der Waals surface area contributed by atoms with Crippen molar-refractivity contribution in [2.24, 2.45) is 0 Å². The van der Waals surface area contributed by atoms with Gasteiger partial charge < -0.3 is 29.2 Å². The van der Waals surface area contributed by atoms with Crippen LogP contribution in [-0.2, 0) is 25.7 Å². The predicted molar refractivity (Wildman–Crippen MR) is 174 cm³/mol. The molecule has 4 aromatic carbocycles. The second kappa shape index (κ2) is 12.9. The second-order valence-corrected chi connectivity index (χ2v) is 12.1. The number of ether oxygens (including phenoxy) is 4. The lowest BCUT2D eigenvalue weighted by molar-refractivity contribution is 0.228. The summed E-state index contributed by atoms with van der Waals surface area (Å²) in [5.74, 6) is 3.34. The van der Waals surface area contributed by atoms with E-state index in [-0.39, 0.29) is 23.6 Å². The summed E-state index contributed by atoms with van der Waals surface area (Å²) in [5, 5.41) is 21.0. The highest BCUT2D eigenvalue weighted by Gasteiger charge is 2.28. The Morgan fingerprint density at radius 3 is 1.76 bits per heavy atom. The molecular weight excluding hydrogens is 568 g/mol. The van der Waals surface area contributed by atoms with Crippen LogP contribution in [0.1, 0.15) is 45.5 Å². The van der Waals surface area contributed by atoms with E-state index in [0.717, 1.165) is 67.0 Å². The van der Waals surface area contributed by atoms with Crippen molar-refractivity contribution in [3.8, 4) is 40.2 Å². The Balaban J connectivity index is 1.18. The third kappa shape index (κ3) is 6.26. The van der Waals surface area contributed by atoms with Crippen LogP contribution in [0.4, 0.5) is 0 Å². The zero-order valence-electron chi connectivity index (χ0n) is 26.7. The van der Waals surface area contributed by atoms with Crippen LogP contribution >= 0.6 is 0 Å². The standard InChI is InChI=1S/C37H42N2O6/c1-38-15-13-26-20-36(43-4)37(44-5)22-29(26)30(38)16-23-6-9-27(10-7-23)45-35-18-24(8-11-32(35)40)17-31-28-21-34(42-3)33(41)19-25(28)12-14-39(31)2/h6-11,18-22,30-31,40-41H,12-17H2,1-5H3/t30-,31-/m1/s1. The van der Waals surface area contributed by atoms with Gasteiger partial charge in [0.05, 0.1) is 21.3 Å². The molecule has 45 heavy (non-hydrogen) atoms. The highest BCUT2D eigenvalue weighted by atomic mass is 16.5. The largest absolute Gasteiger partial charge is 0.504 e. The molecule has 0 saturated heterocycles. The Morgan fingerprint density at radius 1 is 0.600 bits per heavy atom. The van der Waals surface area contributed by atoms with Crippen LogP contribution in [0.2, 0.25) is 0 Å². The van der Waals surface area contributed by atoms with Crippen LogP contribution in [0.15, 0.2) is 66.7 Å². The molecule has 0 amide bonds. The van der Waals surface area contributed by atoms with Gasteiger partial charge in [-0.05, 0) is 122 Å². The summed E-state index contributed by atoms with van der Waals surface area (Å²) in [6.45, 7) is 1.86. The maximum absolute atomic E-state index is 10.7. The molecule has 0 saturated carbocycles. The number of fused-ring (bicyclic) bond motifs is 2. The molecule has 4 aromatic rings. The van der Waals surface area contributed by atoms with Gasteiger partial charge in [-0.3, -0.25) is 9.80 Å². The van der Waals surface area contributed by atoms with Crippen molar-refractivity contribution in [1.29, 1.82) is 0 Å². The zero-order valence-corrected chi connectivity index (χ0v) is 26.7. The topological polar surface area (TPSA) is 83.9 Å². The van der Waals surface area contributed by atoms with Crippen molar-refractivity contribution in [1.82, 2.24) is 9.80 Å². The summed E-state index contributed by atoms with van der Waals surface area (Å²) in [6, 6.07) is 22.0. The van der Waals surface area contributed by atoms with E-state index in [2.05, 4.69) is 48.2 Å². The molecule has 8 nitrogen and oxygen atoms in total. The second-order valence-electron chi connectivity index (χ2n) is 12.1. The fourth-order valence-electron chi connectivity index (χ4n) is 6.73. The van der Waals surface area contributed by atoms with Crippen LogP contribution in [0.3, 0.4) is 0 Å². The molecule has 2 N–H and O–H groups in total. The number of hydrogen-bond donors (Lipinski definition) is 2. The van der Waals surface area contributed by atoms with E-state index in [1.54, 1.807) is 27.4 Å². The molecule has 2 atom stereocenters. The number of nitrogens with zero attached hydrogens (tertiary/aromatic N) is 2. The summed E-state index contributed by atoms with van der Waals surface area (Å²) in [7, 11) is 9.21. The van der Waals surface area contributed by atoms with Gasteiger partial charge in [0.2, 0.25) is 0 Å². The lowest BCUT2D eigenvalue weighted by Crippen LogP contribution is -2.33. The van der Waals surface area contributed by atoms with Gasteiger partial charge in [0.1, 0.15) is 5.75 Å². The van der Waals surface area contributed by atoms with Gasteiger partial charge in [-0.1, -0.05) is 18.2 Å². The number of phenols is 2. The SMILES string of the molecule is COc1cc2c(cc1O)CCN(C)[C@@H]2Cc1ccc(O)c(Oc2ccc(C[C@@H]3c4cc(OC)c(OC)cc4CCN3C)cc2)c1. The van der Waals surface area contributed by atoms with E-state index in [4.69, 9.17) is 18.9 Å². The van der Waals surface area contributed by atoms with Crippen molar-refractivity contribution >= 4 is 0 Å². The van der Waals surface area contributed by atoms with Crippen LogP contribution in [0.25, 0.3) is 0 Å². The van der Waals surface area contributed by atoms with E-state index in [1.807, 2.05) is 36.4 Å². The quantitative estimate of drug-likeness (QED) is 0.224. The fraction of sp³-hybridized carbons (Fsp3) is 0.351. The molecule has 0 aromatic heterocycles. The molecule has 8 heteroatoms. The molecule has 2 aliphatic heterocycles. The van der Waals surface area contributed by atoms with E-state index < -0.39 is 0 Å². The van der Waals surface area contributed by atoms with E-state index in [1.165, 1.54) is 16.7 Å². The number of likely N-dealkylation sites (N-methyl/N-ethyl adjacent to an activating group) is 2. The fourth-order valence-corrected chi connectivity index (χ4v) is 6.73. The number of phenolic OH excluding ortho intramolecular Hbond substituents is 2. The molecule has 2 aliphatic rings. The lowest BCUT2D eigenvalue weighted by atomic mass is 9.88. The molecule has 0 unspecified atom stereocenters. The maximum Gasteiger partial charge on any atom is 0.169 e. The normalized spacial score (nSPS) is 18.2. The van der Waals surface area contributed by atoms with Crippen LogP contribution < -0.4 is 18.9 Å². The minimum atomic E-state index is 0.0941. The Morgan fingerprint density at radius 2 is 1.13 bits per heavy atom. The van der Waals surface area contributed by atoms with E-state index >= 15 is 0 Å². The van der Waals surface area contributed by atoms with E-state index in [0.29, 0.717) is 17.2 Å². The maximum atomic E-state index is 10.7. The van der Waals surface area contributed by atoms with Gasteiger partial charge >= 0.3 is 0 Å². The number of hydrogen-bond acceptors (Lipinski definition) is 8. The van der Waals surface area contributed by atoms with Crippen molar-refractivity contribution < 1.29 is 29.2 Å². The first-order valence-electron chi connectivity index (χ1n) is 15.4. The Kier molecular flexibility index (Phi) is 8.79. The summed E-state index contributed by atoms with van der Waals surface area (Å²) >= 11 is 0. The predicted octanol–water partition coefficient (Wildman–Crippen LogP) is 6.46. The van der Waals surface area contributed by atoms with Crippen molar-refractivity contribution in [3.63, 3.8) is 0 Å². The van der Waals surface area contributed by atoms with Gasteiger partial charge in [-0.25, -0.2) is 0 Å². The van der Waals surface area contributed by atoms with Crippen molar-refractivity contribution in [2.45, 2.75) is 37.8 Å². The molecule has 0 radical (unpaired) electrons. The minimum absolute atomic E-state index is 0.0941. The van der Waals surface area contributed by atoms with Gasteiger partial charge in [0, 0.05) is 25.2 Å². The average molecular weight is 611 g/mol. The Hall–Kier alpha value is -4.40. The number of aromatic hydroxyl groups is 2. The third-order valence-electron chi connectivity index (χ3n) is 9.37. The molecular formula is C37H42N2O6. The monoisotopic (exact) mass is 610 g/mol. The number of methoxy groups -OCH3 is 3. The Labute approximate surface area is 265 Å². The molecule has 0 bridgehead atoms. The number of rotatable bonds is 9. The van der Waals surface area contributed by atoms with Gasteiger partial charge in [0.15, 0.2) is 34.5 Å². The number of benzene rings is 4. The molecule has 2 heterocycles. The van der Waals surface area contributed by atoms with E-state index in [9.17, 15) is 10.2 Å². The summed E-state index contributed by atoms with van der Waals surface area (Å²) in [4.78, 5) is 4.71. The molecule has 6 rings (SSSR count). The smallest absolute Gasteiger partial charge is 0.169 e. The van der Waals surface area contributed by atoms with Crippen LogP contribution in [0, 0.1) is 0 Å². The van der Waals surface area contributed by atoms with Crippen molar-refractivity contribution in [3.05, 3.63) is 100 Å². The zero-order chi connectivity index (χ0) is 31.7. The average Bonchev–Trinajstić information content (AvgIpc) is 3.05. The first-order chi connectivity index (χ1) is 21.8. The van der Waals surface area contributed by atoms with Crippen LogP contribution in [0.5, 0.6) is 40.2 Å². The molecule has 0 fully saturated rings. The summed E-state index contributed by atoms with van der Waals surface area (Å²) in [5.41, 5.74) is 7.08. The molecule has 236 valence electrons. The summed E-state index contributed by atoms with van der Waals surface area (Å²) < 4.78 is 22.8. The van der Waals surface area contributed by atoms with Gasteiger partial charge in [0.25, 0.3) is 0 Å². The minimum Gasteiger partial charge on any atom is -0.504 e. The van der Waals surface area contributed by atoms with Crippen LogP contribution in [-0.4, -0.2) is 68.5 Å². The van der Waals surface area contributed by atoms with Gasteiger partial charge in [-0.15, -0.1) is 0 Å². The third-order valence-corrected chi connectivity index (χ3v) is 9.37. The molecule has 0 aliphatic carbocycles. The summed E-state index contributed by atoms with van der Waals surface area (Å²) in [6.07, 6.45) is 3.41. The molecule has 0 spiro atoms. The first-order valence-corrected chi connectivity index (χ1v) is 15.4. The lowest BCUT2D eigenvalue weighted by Gasteiger charge is -2.35. The Bertz CT molecular complexity index is 1670. The highest BCUT2D eigenvalue weighted by molar-refractivity contribution is 5.51. The van der Waals surface area contributed by atoms with Gasteiger partial charge in [-0.2, -0.15) is 0 Å².